The first-order chi connectivity index (χ1) is 11.6. The van der Waals surface area contributed by atoms with Crippen molar-refractivity contribution in [2.45, 2.75) is 38.0 Å². The highest BCUT2D eigenvalue weighted by molar-refractivity contribution is 5.87. The maximum atomic E-state index is 11.3. The molecule has 1 N–H and O–H groups in total. The molecule has 1 aliphatic rings. The van der Waals surface area contributed by atoms with Crippen molar-refractivity contribution in [2.24, 2.45) is 4.99 Å². The summed E-state index contributed by atoms with van der Waals surface area (Å²) < 4.78 is 0. The van der Waals surface area contributed by atoms with E-state index in [1.165, 1.54) is 24.8 Å². The Morgan fingerprint density at radius 3 is 2.50 bits per heavy atom. The fraction of sp³-hybridized carbons (Fsp3) is 0.316. The van der Waals surface area contributed by atoms with Crippen LogP contribution in [-0.2, 0) is 0 Å². The second kappa shape index (κ2) is 7.25. The number of non-ortho nitro benzene ring substituents is 1. The van der Waals surface area contributed by atoms with Gasteiger partial charge in [-0.15, -0.1) is 0 Å². The molecule has 0 aliphatic heterocycles. The summed E-state index contributed by atoms with van der Waals surface area (Å²) in [5.41, 5.74) is 1.82. The van der Waals surface area contributed by atoms with E-state index in [-0.39, 0.29) is 17.4 Å². The van der Waals surface area contributed by atoms with Crippen molar-refractivity contribution in [1.82, 2.24) is 0 Å². The molecule has 0 bridgehead atoms. The maximum Gasteiger partial charge on any atom is 0.270 e. The van der Waals surface area contributed by atoms with Gasteiger partial charge in [0.2, 0.25) is 0 Å². The second-order valence-corrected chi connectivity index (χ2v) is 6.16. The average molecular weight is 324 g/mol. The van der Waals surface area contributed by atoms with Gasteiger partial charge in [-0.2, -0.15) is 0 Å². The molecule has 1 saturated carbocycles. The highest BCUT2D eigenvalue weighted by Gasteiger charge is 2.23. The average Bonchev–Trinajstić information content (AvgIpc) is 2.62. The molecule has 0 spiro atoms. The van der Waals surface area contributed by atoms with E-state index in [4.69, 9.17) is 0 Å². The van der Waals surface area contributed by atoms with Crippen molar-refractivity contribution in [3.8, 4) is 5.75 Å². The van der Waals surface area contributed by atoms with Crippen LogP contribution in [0.1, 0.15) is 49.1 Å². The van der Waals surface area contributed by atoms with Crippen LogP contribution in [0.5, 0.6) is 5.75 Å². The van der Waals surface area contributed by atoms with Gasteiger partial charge in [0.15, 0.2) is 0 Å². The quantitative estimate of drug-likeness (QED) is 0.483. The third-order valence-electron chi connectivity index (χ3n) is 4.52. The van der Waals surface area contributed by atoms with Crippen molar-refractivity contribution in [2.75, 3.05) is 0 Å². The zero-order chi connectivity index (χ0) is 16.9. The Balaban J connectivity index is 1.99. The molecule has 5 nitrogen and oxygen atoms in total. The Kier molecular flexibility index (Phi) is 4.89. The van der Waals surface area contributed by atoms with Gasteiger partial charge in [-0.3, -0.25) is 15.1 Å². The molecule has 0 amide bonds. The number of nitro benzene ring substituents is 1. The van der Waals surface area contributed by atoms with Gasteiger partial charge in [-0.1, -0.05) is 37.5 Å². The molecule has 0 heterocycles. The number of aromatic hydroxyl groups is 1. The van der Waals surface area contributed by atoms with E-state index in [0.717, 1.165) is 31.4 Å². The lowest BCUT2D eigenvalue weighted by molar-refractivity contribution is -0.385. The van der Waals surface area contributed by atoms with Gasteiger partial charge in [-0.25, -0.2) is 0 Å². The van der Waals surface area contributed by atoms with Gasteiger partial charge in [0.05, 0.1) is 10.6 Å². The summed E-state index contributed by atoms with van der Waals surface area (Å²) in [6.45, 7) is 0. The number of para-hydroxylation sites is 1. The topological polar surface area (TPSA) is 75.7 Å². The fourth-order valence-electron chi connectivity index (χ4n) is 3.25. The molecular formula is C19H20N2O3. The number of benzene rings is 2. The van der Waals surface area contributed by atoms with Crippen LogP contribution in [0.2, 0.25) is 0 Å². The zero-order valence-electron chi connectivity index (χ0n) is 13.4. The Morgan fingerprint density at radius 1 is 1.12 bits per heavy atom. The van der Waals surface area contributed by atoms with E-state index in [9.17, 15) is 15.2 Å². The summed E-state index contributed by atoms with van der Waals surface area (Å²) in [7, 11) is 0. The minimum Gasteiger partial charge on any atom is -0.507 e. The molecule has 0 radical (unpaired) electrons. The highest BCUT2D eigenvalue weighted by atomic mass is 16.6. The molecule has 5 heteroatoms. The van der Waals surface area contributed by atoms with E-state index in [1.54, 1.807) is 0 Å². The number of aliphatic imine (C=N–C) groups is 1. The summed E-state index contributed by atoms with van der Waals surface area (Å²) in [6, 6.07) is 12.2. The van der Waals surface area contributed by atoms with Crippen LogP contribution in [0, 0.1) is 10.1 Å². The summed E-state index contributed by atoms with van der Waals surface area (Å²) >= 11 is 0. The van der Waals surface area contributed by atoms with Crippen molar-refractivity contribution in [3.05, 3.63) is 63.7 Å². The maximum absolute atomic E-state index is 11.3. The number of phenols is 1. The van der Waals surface area contributed by atoms with Crippen LogP contribution >= 0.6 is 0 Å². The standard InChI is InChI=1S/C19H20N2O3/c22-19-15(13-20-16-9-5-2-6-10-16)11-17(21(23)24)12-18(19)14-7-3-1-4-8-14/h2,5-6,9-14,22H,1,3-4,7-8H2. The molecule has 124 valence electrons. The molecule has 2 aromatic rings. The number of hydrogen-bond donors (Lipinski definition) is 1. The number of hydrogen-bond acceptors (Lipinski definition) is 4. The lowest BCUT2D eigenvalue weighted by Gasteiger charge is -2.23. The molecule has 0 unspecified atom stereocenters. The molecule has 24 heavy (non-hydrogen) atoms. The number of rotatable bonds is 4. The predicted molar refractivity (Wildman–Crippen MR) is 94.3 cm³/mol. The first-order valence-corrected chi connectivity index (χ1v) is 8.25. The van der Waals surface area contributed by atoms with E-state index >= 15 is 0 Å². The molecule has 1 fully saturated rings. The molecule has 0 aromatic heterocycles. The largest absolute Gasteiger partial charge is 0.507 e. The smallest absolute Gasteiger partial charge is 0.270 e. The van der Waals surface area contributed by atoms with Crippen LogP contribution in [0.25, 0.3) is 0 Å². The Morgan fingerprint density at radius 2 is 1.83 bits per heavy atom. The third kappa shape index (κ3) is 3.62. The molecule has 0 atom stereocenters. The monoisotopic (exact) mass is 324 g/mol. The first-order valence-electron chi connectivity index (χ1n) is 8.25. The Bertz CT molecular complexity index is 751. The van der Waals surface area contributed by atoms with E-state index < -0.39 is 4.92 Å². The summed E-state index contributed by atoms with van der Waals surface area (Å²) in [6.07, 6.45) is 6.81. The number of nitro groups is 1. The SMILES string of the molecule is O=[N+]([O-])c1cc(C=Nc2ccccc2)c(O)c(C2CCCCC2)c1. The number of phenolic OH excluding ortho intramolecular Hbond substituents is 1. The molecular weight excluding hydrogens is 304 g/mol. The van der Waals surface area contributed by atoms with Crippen LogP contribution in [-0.4, -0.2) is 16.2 Å². The number of nitrogens with zero attached hydrogens (tertiary/aromatic N) is 2. The van der Waals surface area contributed by atoms with Crippen LogP contribution in [0.15, 0.2) is 47.5 Å². The van der Waals surface area contributed by atoms with Crippen molar-refractivity contribution in [1.29, 1.82) is 0 Å². The van der Waals surface area contributed by atoms with Crippen molar-refractivity contribution >= 4 is 17.6 Å². The van der Waals surface area contributed by atoms with E-state index in [1.807, 2.05) is 30.3 Å². The van der Waals surface area contributed by atoms with Gasteiger partial charge < -0.3 is 5.11 Å². The van der Waals surface area contributed by atoms with Gasteiger partial charge in [0, 0.05) is 29.5 Å². The lowest BCUT2D eigenvalue weighted by Crippen LogP contribution is -2.06. The minimum absolute atomic E-state index is 0.00267. The van der Waals surface area contributed by atoms with Gasteiger partial charge in [-0.05, 0) is 30.9 Å². The van der Waals surface area contributed by atoms with E-state index in [2.05, 4.69) is 4.99 Å². The molecule has 2 aromatic carbocycles. The second-order valence-electron chi connectivity index (χ2n) is 6.16. The third-order valence-corrected chi connectivity index (χ3v) is 4.52. The molecule has 3 rings (SSSR count). The Labute approximate surface area is 140 Å². The summed E-state index contributed by atoms with van der Waals surface area (Å²) in [5.74, 6) is 0.301. The van der Waals surface area contributed by atoms with Crippen molar-refractivity contribution < 1.29 is 10.0 Å². The van der Waals surface area contributed by atoms with Gasteiger partial charge in [0.1, 0.15) is 5.75 Å². The van der Waals surface area contributed by atoms with Crippen LogP contribution in [0.4, 0.5) is 11.4 Å². The van der Waals surface area contributed by atoms with Crippen LogP contribution in [0.3, 0.4) is 0 Å². The van der Waals surface area contributed by atoms with Gasteiger partial charge >= 0.3 is 0 Å². The molecule has 0 saturated heterocycles. The zero-order valence-corrected chi connectivity index (χ0v) is 13.4. The lowest BCUT2D eigenvalue weighted by atomic mass is 9.83. The first kappa shape index (κ1) is 16.2. The fourth-order valence-corrected chi connectivity index (χ4v) is 3.25. The Hall–Kier alpha value is -2.69. The normalized spacial score (nSPS) is 15.7. The van der Waals surface area contributed by atoms with E-state index in [0.29, 0.717) is 11.1 Å². The van der Waals surface area contributed by atoms with Crippen molar-refractivity contribution in [3.63, 3.8) is 0 Å². The predicted octanol–water partition coefficient (Wildman–Crippen LogP) is 5.10. The minimum atomic E-state index is -0.411. The van der Waals surface area contributed by atoms with Crippen LogP contribution < -0.4 is 0 Å². The highest BCUT2D eigenvalue weighted by Crippen LogP contribution is 2.40. The summed E-state index contributed by atoms with van der Waals surface area (Å²) in [4.78, 5) is 15.2. The molecule has 1 aliphatic carbocycles. The summed E-state index contributed by atoms with van der Waals surface area (Å²) in [5, 5.41) is 21.9. The van der Waals surface area contributed by atoms with Gasteiger partial charge in [0.25, 0.3) is 5.69 Å².